The number of rotatable bonds is 3. The molecule has 1 aliphatic rings. The summed E-state index contributed by atoms with van der Waals surface area (Å²) in [7, 11) is 0. The number of nitrogens with zero attached hydrogens (tertiary/aromatic N) is 1. The molecule has 4 rings (SSSR count). The van der Waals surface area contributed by atoms with Crippen LogP contribution in [-0.4, -0.2) is 5.91 Å². The van der Waals surface area contributed by atoms with Gasteiger partial charge in [-0.1, -0.05) is 88.9 Å². The van der Waals surface area contributed by atoms with Crippen molar-refractivity contribution in [2.45, 2.75) is 0 Å². The van der Waals surface area contributed by atoms with Crippen LogP contribution in [0.4, 0.5) is 5.69 Å². The van der Waals surface area contributed by atoms with Crippen LogP contribution in [0.5, 0.6) is 0 Å². The molecule has 1 amide bonds. The van der Waals surface area contributed by atoms with Crippen LogP contribution in [0, 0.1) is 0 Å². The lowest BCUT2D eigenvalue weighted by Crippen LogP contribution is -2.25. The Morgan fingerprint density at radius 3 is 2.28 bits per heavy atom. The largest absolute Gasteiger partial charge is 0.275 e. The summed E-state index contributed by atoms with van der Waals surface area (Å²) in [4.78, 5) is 14.9. The molecule has 0 aliphatic carbocycles. The van der Waals surface area contributed by atoms with Crippen molar-refractivity contribution in [2.75, 3.05) is 4.90 Å². The second-order valence-electron chi connectivity index (χ2n) is 6.37. The van der Waals surface area contributed by atoms with Gasteiger partial charge in [-0.2, -0.15) is 0 Å². The molecule has 0 N–H and O–H groups in total. The molecule has 1 aliphatic heterocycles. The first kappa shape index (κ1) is 20.1. The van der Waals surface area contributed by atoms with Gasteiger partial charge in [0.1, 0.15) is 0 Å². The van der Waals surface area contributed by atoms with Crippen LogP contribution in [0.2, 0.25) is 20.1 Å². The van der Waals surface area contributed by atoms with Gasteiger partial charge in [-0.3, -0.25) is 9.69 Å². The monoisotopic (exact) mass is 459 g/mol. The zero-order valence-corrected chi connectivity index (χ0v) is 17.9. The van der Waals surface area contributed by atoms with Crippen molar-refractivity contribution >= 4 is 69.8 Å². The molecule has 0 atom stereocenters. The van der Waals surface area contributed by atoms with Gasteiger partial charge in [-0.05, 0) is 47.5 Å². The molecule has 29 heavy (non-hydrogen) atoms. The summed E-state index contributed by atoms with van der Waals surface area (Å²) in [5.74, 6) is -0.223. The minimum Gasteiger partial charge on any atom is -0.275 e. The third-order valence-corrected chi connectivity index (χ3v) is 5.87. The van der Waals surface area contributed by atoms with Gasteiger partial charge in [0.25, 0.3) is 5.91 Å². The molecule has 6 heteroatoms. The molecular weight excluding hydrogens is 448 g/mol. The van der Waals surface area contributed by atoms with Gasteiger partial charge in [0.15, 0.2) is 0 Å². The van der Waals surface area contributed by atoms with Crippen molar-refractivity contribution in [3.05, 3.63) is 110 Å². The second-order valence-corrected chi connectivity index (χ2v) is 8.00. The lowest BCUT2D eigenvalue weighted by molar-refractivity contribution is -0.113. The van der Waals surface area contributed by atoms with E-state index in [2.05, 4.69) is 0 Å². The van der Waals surface area contributed by atoms with Crippen LogP contribution in [0.15, 0.2) is 78.4 Å². The van der Waals surface area contributed by atoms with Crippen molar-refractivity contribution in [3.63, 3.8) is 0 Å². The van der Waals surface area contributed by atoms with Crippen LogP contribution in [0.1, 0.15) is 11.1 Å². The van der Waals surface area contributed by atoms with Crippen molar-refractivity contribution in [1.82, 2.24) is 0 Å². The molecule has 0 bridgehead atoms. The zero-order valence-electron chi connectivity index (χ0n) is 14.9. The van der Waals surface area contributed by atoms with Crippen LogP contribution in [-0.2, 0) is 4.79 Å². The van der Waals surface area contributed by atoms with Crippen molar-refractivity contribution in [3.8, 4) is 0 Å². The Hall–Kier alpha value is -2.23. The molecule has 3 aromatic rings. The summed E-state index contributed by atoms with van der Waals surface area (Å²) in [6.45, 7) is 0. The van der Waals surface area contributed by atoms with E-state index >= 15 is 0 Å². The van der Waals surface area contributed by atoms with Gasteiger partial charge in [0, 0.05) is 15.6 Å². The molecule has 3 aromatic carbocycles. The van der Waals surface area contributed by atoms with Crippen LogP contribution in [0.3, 0.4) is 0 Å². The highest BCUT2D eigenvalue weighted by atomic mass is 35.5. The number of hydrogen-bond acceptors (Lipinski definition) is 1. The molecule has 0 unspecified atom stereocenters. The summed E-state index contributed by atoms with van der Waals surface area (Å²) in [6.07, 6.45) is 3.56. The third-order valence-electron chi connectivity index (χ3n) is 4.50. The van der Waals surface area contributed by atoms with Gasteiger partial charge in [0.2, 0.25) is 0 Å². The SMILES string of the molecule is O=C1/C(=C/c2ccc(Cl)cc2Cl)C=C(c2ccccc2)N1c1cccc(Cl)c1Cl. The molecule has 0 saturated carbocycles. The number of carbonyl (C=O) groups excluding carboxylic acids is 1. The van der Waals surface area contributed by atoms with Gasteiger partial charge < -0.3 is 0 Å². The number of amides is 1. The fourth-order valence-electron chi connectivity index (χ4n) is 3.13. The van der Waals surface area contributed by atoms with E-state index in [0.717, 1.165) is 5.56 Å². The Kier molecular flexibility index (Phi) is 5.71. The quantitative estimate of drug-likeness (QED) is 0.365. The number of carbonyl (C=O) groups is 1. The lowest BCUT2D eigenvalue weighted by Gasteiger charge is -2.22. The standard InChI is InChI=1S/C23H13Cl4NO/c24-17-10-9-15(19(26)13-17)11-16-12-21(14-5-2-1-3-6-14)28(23(16)29)20-8-4-7-18(25)22(20)27/h1-13H/b16-11+. The maximum Gasteiger partial charge on any atom is 0.262 e. The number of halogens is 4. The molecule has 1 heterocycles. The van der Waals surface area contributed by atoms with Gasteiger partial charge >= 0.3 is 0 Å². The summed E-state index contributed by atoms with van der Waals surface area (Å²) < 4.78 is 0. The highest BCUT2D eigenvalue weighted by Crippen LogP contribution is 2.41. The molecule has 0 fully saturated rings. The van der Waals surface area contributed by atoms with Crippen molar-refractivity contribution in [1.29, 1.82) is 0 Å². The molecule has 0 radical (unpaired) electrons. The Balaban J connectivity index is 1.87. The lowest BCUT2D eigenvalue weighted by atomic mass is 10.1. The predicted molar refractivity (Wildman–Crippen MR) is 123 cm³/mol. The number of anilines is 1. The fraction of sp³-hybridized carbons (Fsp3) is 0. The fourth-order valence-corrected chi connectivity index (χ4v) is 3.97. The first-order valence-corrected chi connectivity index (χ1v) is 10.2. The average Bonchev–Trinajstić information content (AvgIpc) is 3.03. The maximum absolute atomic E-state index is 13.4. The molecule has 144 valence electrons. The molecular formula is C23H13Cl4NO. The number of benzene rings is 3. The van der Waals surface area contributed by atoms with Gasteiger partial charge in [0.05, 0.1) is 21.4 Å². The Morgan fingerprint density at radius 1 is 0.793 bits per heavy atom. The zero-order chi connectivity index (χ0) is 20.5. The highest BCUT2D eigenvalue weighted by molar-refractivity contribution is 6.44. The minimum atomic E-state index is -0.223. The molecule has 0 aromatic heterocycles. The highest BCUT2D eigenvalue weighted by Gasteiger charge is 2.32. The normalized spacial score (nSPS) is 15.2. The Morgan fingerprint density at radius 2 is 1.55 bits per heavy atom. The summed E-state index contributed by atoms with van der Waals surface area (Å²) in [5.41, 5.74) is 3.27. The van der Waals surface area contributed by atoms with E-state index in [1.807, 2.05) is 36.4 Å². The maximum atomic E-state index is 13.4. The van der Waals surface area contributed by atoms with Crippen molar-refractivity contribution in [2.24, 2.45) is 0 Å². The average molecular weight is 461 g/mol. The van der Waals surface area contributed by atoms with E-state index in [1.165, 1.54) is 0 Å². The van der Waals surface area contributed by atoms with E-state index in [-0.39, 0.29) is 5.91 Å². The minimum absolute atomic E-state index is 0.223. The Bertz CT molecular complexity index is 1170. The van der Waals surface area contributed by atoms with E-state index in [0.29, 0.717) is 42.6 Å². The topological polar surface area (TPSA) is 20.3 Å². The number of hydrogen-bond donors (Lipinski definition) is 0. The first-order valence-electron chi connectivity index (χ1n) is 8.68. The van der Waals surface area contributed by atoms with Gasteiger partial charge in [-0.25, -0.2) is 0 Å². The summed E-state index contributed by atoms with van der Waals surface area (Å²) >= 11 is 24.9. The van der Waals surface area contributed by atoms with E-state index in [9.17, 15) is 4.79 Å². The second kappa shape index (κ2) is 8.25. The summed E-state index contributed by atoms with van der Waals surface area (Å²) in [5, 5.41) is 1.69. The molecule has 2 nitrogen and oxygen atoms in total. The smallest absolute Gasteiger partial charge is 0.262 e. The van der Waals surface area contributed by atoms with E-state index < -0.39 is 0 Å². The van der Waals surface area contributed by atoms with E-state index in [4.69, 9.17) is 46.4 Å². The molecule has 0 saturated heterocycles. The van der Waals surface area contributed by atoms with Crippen LogP contribution < -0.4 is 4.90 Å². The van der Waals surface area contributed by atoms with Crippen LogP contribution in [0.25, 0.3) is 11.8 Å². The summed E-state index contributed by atoms with van der Waals surface area (Å²) in [6, 6.07) is 20.0. The van der Waals surface area contributed by atoms with Gasteiger partial charge in [-0.15, -0.1) is 0 Å². The van der Waals surface area contributed by atoms with Crippen molar-refractivity contribution < 1.29 is 4.79 Å². The predicted octanol–water partition coefficient (Wildman–Crippen LogP) is 7.77. The van der Waals surface area contributed by atoms with E-state index in [1.54, 1.807) is 47.4 Å². The first-order chi connectivity index (χ1) is 14.0. The van der Waals surface area contributed by atoms with Crippen LogP contribution >= 0.6 is 46.4 Å². The third kappa shape index (κ3) is 3.94. The molecule has 0 spiro atoms. The Labute approximate surface area is 188 Å².